The van der Waals surface area contributed by atoms with Crippen LogP contribution in [0.4, 0.5) is 5.69 Å². The van der Waals surface area contributed by atoms with Gasteiger partial charge in [-0.1, -0.05) is 25.1 Å². The molecule has 0 aliphatic carbocycles. The fraction of sp³-hybridized carbons (Fsp3) is 0.333. The minimum absolute atomic E-state index is 0.439. The van der Waals surface area contributed by atoms with E-state index in [0.717, 1.165) is 12.1 Å². The molecular formula is C12H17N3. The van der Waals surface area contributed by atoms with E-state index in [1.165, 1.54) is 5.01 Å². The van der Waals surface area contributed by atoms with Gasteiger partial charge in [0.25, 0.3) is 0 Å². The monoisotopic (exact) mass is 203 g/mol. The zero-order chi connectivity index (χ0) is 11.1. The first-order valence-corrected chi connectivity index (χ1v) is 5.04. The highest BCUT2D eigenvalue weighted by Crippen LogP contribution is 2.08. The molecule has 1 rings (SSSR count). The van der Waals surface area contributed by atoms with Crippen LogP contribution < -0.4 is 16.6 Å². The summed E-state index contributed by atoms with van der Waals surface area (Å²) in [5.74, 6) is 6.24. The predicted octanol–water partition coefficient (Wildman–Crippen LogP) is 1.47. The Kier molecular flexibility index (Phi) is 4.69. The number of allylic oxidation sites excluding steroid dienone is 1. The lowest BCUT2D eigenvalue weighted by Gasteiger charge is -2.12. The van der Waals surface area contributed by atoms with Crippen molar-refractivity contribution in [3.8, 4) is 0 Å². The Morgan fingerprint density at radius 1 is 1.60 bits per heavy atom. The minimum atomic E-state index is 0.439. The highest BCUT2D eigenvalue weighted by atomic mass is 15.4. The number of anilines is 1. The SMILES string of the molecule is CC(C=CN(N)c1c#cccc1)CCN. The second kappa shape index (κ2) is 6.07. The van der Waals surface area contributed by atoms with Crippen LogP contribution in [0.2, 0.25) is 0 Å². The van der Waals surface area contributed by atoms with E-state index < -0.39 is 0 Å². The van der Waals surface area contributed by atoms with E-state index in [9.17, 15) is 0 Å². The second-order valence-electron chi connectivity index (χ2n) is 3.48. The van der Waals surface area contributed by atoms with Crippen molar-refractivity contribution < 1.29 is 0 Å². The van der Waals surface area contributed by atoms with Gasteiger partial charge in [0.15, 0.2) is 0 Å². The van der Waals surface area contributed by atoms with Gasteiger partial charge in [-0.05, 0) is 37.1 Å². The van der Waals surface area contributed by atoms with Crippen LogP contribution in [0.1, 0.15) is 13.3 Å². The van der Waals surface area contributed by atoms with Crippen molar-refractivity contribution in [2.24, 2.45) is 17.5 Å². The Morgan fingerprint density at radius 3 is 3.00 bits per heavy atom. The Labute approximate surface area is 91.3 Å². The molecule has 4 N–H and O–H groups in total. The number of hydrogen-bond acceptors (Lipinski definition) is 3. The van der Waals surface area contributed by atoms with Crippen molar-refractivity contribution in [1.29, 1.82) is 0 Å². The van der Waals surface area contributed by atoms with Crippen molar-refractivity contribution in [2.45, 2.75) is 13.3 Å². The summed E-state index contributed by atoms with van der Waals surface area (Å²) >= 11 is 0. The number of rotatable bonds is 5. The molecule has 1 atom stereocenters. The molecule has 80 valence electrons. The first-order valence-electron chi connectivity index (χ1n) is 5.04. The van der Waals surface area contributed by atoms with Gasteiger partial charge >= 0.3 is 0 Å². The molecule has 0 heterocycles. The predicted molar refractivity (Wildman–Crippen MR) is 62.8 cm³/mol. The van der Waals surface area contributed by atoms with Gasteiger partial charge in [-0.15, -0.1) is 0 Å². The lowest BCUT2D eigenvalue weighted by atomic mass is 10.1. The zero-order valence-electron chi connectivity index (χ0n) is 8.98. The summed E-state index contributed by atoms with van der Waals surface area (Å²) in [4.78, 5) is 0. The Bertz CT molecular complexity index is 295. The average Bonchev–Trinajstić information content (AvgIpc) is 2.27. The maximum Gasteiger partial charge on any atom is 0.107 e. The molecule has 0 bridgehead atoms. The Hall–Kier alpha value is -1.50. The quantitative estimate of drug-likeness (QED) is 0.563. The van der Waals surface area contributed by atoms with E-state index in [0.29, 0.717) is 12.5 Å². The van der Waals surface area contributed by atoms with Gasteiger partial charge in [0.1, 0.15) is 5.69 Å². The third kappa shape index (κ3) is 4.03. The van der Waals surface area contributed by atoms with E-state index in [1.54, 1.807) is 6.07 Å². The van der Waals surface area contributed by atoms with E-state index in [4.69, 9.17) is 11.6 Å². The number of nitrogens with zero attached hydrogens (tertiary/aromatic N) is 1. The van der Waals surface area contributed by atoms with E-state index >= 15 is 0 Å². The van der Waals surface area contributed by atoms with Gasteiger partial charge in [-0.3, -0.25) is 5.01 Å². The van der Waals surface area contributed by atoms with Crippen molar-refractivity contribution in [2.75, 3.05) is 11.6 Å². The molecule has 1 aromatic rings. The Balaban J connectivity index is 2.52. The van der Waals surface area contributed by atoms with Gasteiger partial charge in [-0.2, -0.15) is 0 Å². The van der Waals surface area contributed by atoms with Crippen LogP contribution >= 0.6 is 0 Å². The van der Waals surface area contributed by atoms with Gasteiger partial charge in [0.05, 0.1) is 0 Å². The highest BCUT2D eigenvalue weighted by molar-refractivity contribution is 5.43. The molecule has 3 heteroatoms. The molecule has 0 aliphatic heterocycles. The maximum atomic E-state index is 5.80. The second-order valence-corrected chi connectivity index (χ2v) is 3.48. The molecule has 0 saturated carbocycles. The van der Waals surface area contributed by atoms with Crippen LogP contribution in [0, 0.1) is 18.1 Å². The molecular weight excluding hydrogens is 186 g/mol. The number of hydrogen-bond donors (Lipinski definition) is 2. The van der Waals surface area contributed by atoms with Crippen molar-refractivity contribution in [3.05, 3.63) is 42.6 Å². The van der Waals surface area contributed by atoms with Crippen molar-refractivity contribution in [3.63, 3.8) is 0 Å². The van der Waals surface area contributed by atoms with Crippen LogP contribution in [0.5, 0.6) is 0 Å². The standard InChI is InChI=1S/C12H17N3/c1-11(7-9-13)8-10-15(14)12-5-3-2-4-6-12/h2-3,5,8,10-11H,7,9,13-14H2,1H3. The van der Waals surface area contributed by atoms with Crippen LogP contribution in [0.3, 0.4) is 0 Å². The largest absolute Gasteiger partial charge is 0.330 e. The van der Waals surface area contributed by atoms with Crippen LogP contribution in [-0.2, 0) is 0 Å². The van der Waals surface area contributed by atoms with E-state index in [1.807, 2.05) is 24.4 Å². The summed E-state index contributed by atoms with van der Waals surface area (Å²) in [5, 5.41) is 1.53. The van der Waals surface area contributed by atoms with Crippen molar-refractivity contribution >= 4 is 5.69 Å². The number of nitrogens with two attached hydrogens (primary N) is 2. The maximum absolute atomic E-state index is 5.80. The topological polar surface area (TPSA) is 55.3 Å². The third-order valence-electron chi connectivity index (χ3n) is 2.11. The molecule has 0 saturated heterocycles. The summed E-state index contributed by atoms with van der Waals surface area (Å²) in [6, 6.07) is 11.3. The minimum Gasteiger partial charge on any atom is -0.330 e. The normalized spacial score (nSPS) is 12.5. The fourth-order valence-corrected chi connectivity index (χ4v) is 1.17. The van der Waals surface area contributed by atoms with Crippen LogP contribution in [-0.4, -0.2) is 6.54 Å². The van der Waals surface area contributed by atoms with Gasteiger partial charge in [0.2, 0.25) is 0 Å². The van der Waals surface area contributed by atoms with E-state index in [2.05, 4.69) is 19.1 Å². The third-order valence-corrected chi connectivity index (χ3v) is 2.11. The number of hydrazine groups is 1. The fourth-order valence-electron chi connectivity index (χ4n) is 1.17. The first-order chi connectivity index (χ1) is 7.24. The van der Waals surface area contributed by atoms with E-state index in [-0.39, 0.29) is 0 Å². The van der Waals surface area contributed by atoms with Gasteiger partial charge < -0.3 is 5.73 Å². The molecule has 0 aliphatic rings. The molecule has 3 nitrogen and oxygen atoms in total. The van der Waals surface area contributed by atoms with Crippen LogP contribution in [0.25, 0.3) is 0 Å². The summed E-state index contributed by atoms with van der Waals surface area (Å²) in [5.41, 5.74) is 6.26. The smallest absolute Gasteiger partial charge is 0.107 e. The van der Waals surface area contributed by atoms with Crippen LogP contribution in [0.15, 0.2) is 30.5 Å². The summed E-state index contributed by atoms with van der Waals surface area (Å²) < 4.78 is 0. The van der Waals surface area contributed by atoms with Gasteiger partial charge in [-0.25, -0.2) is 5.84 Å². The first kappa shape index (κ1) is 11.6. The molecule has 0 fully saturated rings. The molecule has 1 unspecified atom stereocenters. The lowest BCUT2D eigenvalue weighted by Crippen LogP contribution is -2.24. The molecule has 0 aromatic heterocycles. The average molecular weight is 203 g/mol. The molecule has 0 spiro atoms. The molecule has 0 radical (unpaired) electrons. The molecule has 0 amide bonds. The lowest BCUT2D eigenvalue weighted by molar-refractivity contribution is 0.656. The van der Waals surface area contributed by atoms with Gasteiger partial charge in [0, 0.05) is 6.20 Å². The highest BCUT2D eigenvalue weighted by Gasteiger charge is 1.97. The Morgan fingerprint density at radius 2 is 2.40 bits per heavy atom. The zero-order valence-corrected chi connectivity index (χ0v) is 8.98. The van der Waals surface area contributed by atoms with Crippen molar-refractivity contribution in [1.82, 2.24) is 0 Å². The summed E-state index contributed by atoms with van der Waals surface area (Å²) in [6.45, 7) is 2.80. The molecule has 15 heavy (non-hydrogen) atoms. The summed E-state index contributed by atoms with van der Waals surface area (Å²) in [6.07, 6.45) is 4.84. The summed E-state index contributed by atoms with van der Waals surface area (Å²) in [7, 11) is 0. The molecule has 1 aromatic carbocycles.